The third kappa shape index (κ3) is 2.96. The number of anilines is 2. The molecule has 0 fully saturated rings. The Hall–Kier alpha value is -2.35. The molecule has 3 rings (SSSR count). The average Bonchev–Trinajstić information content (AvgIpc) is 2.47. The third-order valence-electron chi connectivity index (χ3n) is 3.95. The topological polar surface area (TPSA) is 24.9 Å². The molecule has 112 valence electrons. The van der Waals surface area contributed by atoms with E-state index in [4.69, 9.17) is 4.98 Å². The lowest BCUT2D eigenvalue weighted by atomic mass is 9.87. The van der Waals surface area contributed by atoms with Crippen molar-refractivity contribution in [1.29, 1.82) is 0 Å². The summed E-state index contributed by atoms with van der Waals surface area (Å²) in [7, 11) is 0. The van der Waals surface area contributed by atoms with Gasteiger partial charge in [-0.25, -0.2) is 4.98 Å². The Morgan fingerprint density at radius 1 is 0.909 bits per heavy atom. The molecule has 0 bridgehead atoms. The molecule has 22 heavy (non-hydrogen) atoms. The second-order valence-corrected chi connectivity index (χ2v) is 6.79. The fourth-order valence-electron chi connectivity index (χ4n) is 2.61. The zero-order valence-corrected chi connectivity index (χ0v) is 13.6. The molecule has 2 heteroatoms. The zero-order valence-electron chi connectivity index (χ0n) is 13.6. The molecule has 1 aromatic heterocycles. The number of nitrogens with one attached hydrogen (secondary N) is 1. The number of nitrogens with zero attached hydrogens (tertiary/aromatic N) is 1. The van der Waals surface area contributed by atoms with Crippen LogP contribution in [0, 0.1) is 6.92 Å². The highest BCUT2D eigenvalue weighted by atomic mass is 15.0. The number of aromatic nitrogens is 1. The van der Waals surface area contributed by atoms with Gasteiger partial charge in [0.2, 0.25) is 0 Å². The number of para-hydroxylation sites is 1. The van der Waals surface area contributed by atoms with Gasteiger partial charge in [0.25, 0.3) is 0 Å². The average molecular weight is 290 g/mol. The van der Waals surface area contributed by atoms with Crippen molar-refractivity contribution < 1.29 is 0 Å². The molecule has 2 nitrogen and oxygen atoms in total. The number of aryl methyl sites for hydroxylation is 1. The van der Waals surface area contributed by atoms with E-state index in [1.807, 2.05) is 6.07 Å². The Kier molecular flexibility index (Phi) is 3.61. The van der Waals surface area contributed by atoms with Crippen LogP contribution in [0.25, 0.3) is 10.9 Å². The Morgan fingerprint density at radius 2 is 1.59 bits per heavy atom. The molecular weight excluding hydrogens is 268 g/mol. The van der Waals surface area contributed by atoms with E-state index in [-0.39, 0.29) is 5.41 Å². The van der Waals surface area contributed by atoms with E-state index in [1.54, 1.807) is 0 Å². The molecule has 0 saturated heterocycles. The predicted octanol–water partition coefficient (Wildman–Crippen LogP) is 5.58. The van der Waals surface area contributed by atoms with Crippen molar-refractivity contribution in [3.05, 3.63) is 65.7 Å². The van der Waals surface area contributed by atoms with E-state index in [9.17, 15) is 0 Å². The number of fused-ring (bicyclic) bond motifs is 1. The second-order valence-electron chi connectivity index (χ2n) is 6.79. The quantitative estimate of drug-likeness (QED) is 0.666. The SMILES string of the molecule is Cc1cc(Nc2ccc(C(C)(C)C)cc2)nc2ccccc12. The minimum Gasteiger partial charge on any atom is -0.340 e. The van der Waals surface area contributed by atoms with Crippen LogP contribution in [0.1, 0.15) is 31.9 Å². The van der Waals surface area contributed by atoms with Gasteiger partial charge in [-0.3, -0.25) is 0 Å². The van der Waals surface area contributed by atoms with Gasteiger partial charge in [-0.05, 0) is 47.7 Å². The van der Waals surface area contributed by atoms with Gasteiger partial charge in [0.1, 0.15) is 5.82 Å². The minimum atomic E-state index is 0.177. The van der Waals surface area contributed by atoms with Crippen LogP contribution < -0.4 is 5.32 Å². The lowest BCUT2D eigenvalue weighted by molar-refractivity contribution is 0.590. The van der Waals surface area contributed by atoms with E-state index >= 15 is 0 Å². The molecule has 0 atom stereocenters. The summed E-state index contributed by atoms with van der Waals surface area (Å²) in [5.41, 5.74) is 4.84. The van der Waals surface area contributed by atoms with Crippen molar-refractivity contribution in [1.82, 2.24) is 4.98 Å². The van der Waals surface area contributed by atoms with Crippen molar-refractivity contribution in [2.24, 2.45) is 0 Å². The van der Waals surface area contributed by atoms with E-state index < -0.39 is 0 Å². The van der Waals surface area contributed by atoms with Crippen LogP contribution in [0.15, 0.2) is 54.6 Å². The number of rotatable bonds is 2. The van der Waals surface area contributed by atoms with Crippen LogP contribution in [-0.2, 0) is 5.41 Å². The van der Waals surface area contributed by atoms with Gasteiger partial charge in [-0.2, -0.15) is 0 Å². The summed E-state index contributed by atoms with van der Waals surface area (Å²) in [6.45, 7) is 8.80. The number of benzene rings is 2. The maximum atomic E-state index is 4.69. The van der Waals surface area contributed by atoms with Crippen molar-refractivity contribution in [3.8, 4) is 0 Å². The van der Waals surface area contributed by atoms with Crippen LogP contribution in [0.4, 0.5) is 11.5 Å². The van der Waals surface area contributed by atoms with Gasteiger partial charge in [-0.1, -0.05) is 51.1 Å². The highest BCUT2D eigenvalue weighted by Gasteiger charge is 2.12. The number of hydrogen-bond acceptors (Lipinski definition) is 2. The molecular formula is C20H22N2. The number of pyridine rings is 1. The maximum absolute atomic E-state index is 4.69. The van der Waals surface area contributed by atoms with E-state index in [2.05, 4.69) is 81.5 Å². The van der Waals surface area contributed by atoms with Crippen LogP contribution in [-0.4, -0.2) is 4.98 Å². The maximum Gasteiger partial charge on any atom is 0.131 e. The monoisotopic (exact) mass is 290 g/mol. The molecule has 0 aliphatic rings. The van der Waals surface area contributed by atoms with Crippen molar-refractivity contribution in [2.45, 2.75) is 33.1 Å². The zero-order chi connectivity index (χ0) is 15.7. The first kappa shape index (κ1) is 14.6. The molecule has 0 radical (unpaired) electrons. The molecule has 3 aromatic rings. The smallest absolute Gasteiger partial charge is 0.131 e. The van der Waals surface area contributed by atoms with Crippen molar-refractivity contribution in [2.75, 3.05) is 5.32 Å². The summed E-state index contributed by atoms with van der Waals surface area (Å²) in [5.74, 6) is 0.889. The summed E-state index contributed by atoms with van der Waals surface area (Å²) in [6.07, 6.45) is 0. The molecule has 0 amide bonds. The molecule has 0 unspecified atom stereocenters. The van der Waals surface area contributed by atoms with Gasteiger partial charge in [0, 0.05) is 11.1 Å². The lowest BCUT2D eigenvalue weighted by Crippen LogP contribution is -2.10. The molecule has 1 heterocycles. The molecule has 1 N–H and O–H groups in total. The molecule has 2 aromatic carbocycles. The van der Waals surface area contributed by atoms with Gasteiger partial charge >= 0.3 is 0 Å². The van der Waals surface area contributed by atoms with Crippen LogP contribution in [0.2, 0.25) is 0 Å². The standard InChI is InChI=1S/C20H22N2/c1-14-13-19(22-18-8-6-5-7-17(14)18)21-16-11-9-15(10-12-16)20(2,3)4/h5-13H,1-4H3,(H,21,22). The molecule has 0 spiro atoms. The Morgan fingerprint density at radius 3 is 2.27 bits per heavy atom. The fourth-order valence-corrected chi connectivity index (χ4v) is 2.61. The van der Waals surface area contributed by atoms with Crippen molar-refractivity contribution in [3.63, 3.8) is 0 Å². The van der Waals surface area contributed by atoms with Crippen molar-refractivity contribution >= 4 is 22.4 Å². The van der Waals surface area contributed by atoms with Crippen LogP contribution in [0.5, 0.6) is 0 Å². The summed E-state index contributed by atoms with van der Waals surface area (Å²) < 4.78 is 0. The highest BCUT2D eigenvalue weighted by molar-refractivity contribution is 5.84. The van der Waals surface area contributed by atoms with Crippen LogP contribution in [0.3, 0.4) is 0 Å². The third-order valence-corrected chi connectivity index (χ3v) is 3.95. The first-order valence-corrected chi connectivity index (χ1v) is 7.67. The van der Waals surface area contributed by atoms with Gasteiger partial charge in [0.05, 0.1) is 5.52 Å². The Balaban J connectivity index is 1.90. The molecule has 0 aliphatic carbocycles. The number of hydrogen-bond donors (Lipinski definition) is 1. The van der Waals surface area contributed by atoms with Gasteiger partial charge < -0.3 is 5.32 Å². The first-order chi connectivity index (χ1) is 10.4. The van der Waals surface area contributed by atoms with E-state index in [0.717, 1.165) is 17.0 Å². The van der Waals surface area contributed by atoms with Crippen LogP contribution >= 0.6 is 0 Å². The highest BCUT2D eigenvalue weighted by Crippen LogP contribution is 2.26. The van der Waals surface area contributed by atoms with E-state index in [0.29, 0.717) is 0 Å². The minimum absolute atomic E-state index is 0.177. The summed E-state index contributed by atoms with van der Waals surface area (Å²) in [4.78, 5) is 4.69. The van der Waals surface area contributed by atoms with E-state index in [1.165, 1.54) is 16.5 Å². The summed E-state index contributed by atoms with van der Waals surface area (Å²) in [6, 6.07) is 18.9. The molecule has 0 saturated carbocycles. The summed E-state index contributed by atoms with van der Waals surface area (Å²) >= 11 is 0. The second kappa shape index (κ2) is 5.45. The first-order valence-electron chi connectivity index (χ1n) is 7.67. The van der Waals surface area contributed by atoms with Gasteiger partial charge in [-0.15, -0.1) is 0 Å². The summed E-state index contributed by atoms with van der Waals surface area (Å²) in [5, 5.41) is 4.61. The normalized spacial score (nSPS) is 11.6. The van der Waals surface area contributed by atoms with Gasteiger partial charge in [0.15, 0.2) is 0 Å². The predicted molar refractivity (Wildman–Crippen MR) is 94.9 cm³/mol. The Labute approximate surface area is 132 Å². The largest absolute Gasteiger partial charge is 0.340 e. The lowest BCUT2D eigenvalue weighted by Gasteiger charge is -2.19. The Bertz CT molecular complexity index is 796. The fraction of sp³-hybridized carbons (Fsp3) is 0.250. The molecule has 0 aliphatic heterocycles.